The first kappa shape index (κ1) is 25.5. The Labute approximate surface area is 192 Å². The van der Waals surface area contributed by atoms with E-state index < -0.39 is 6.10 Å². The highest BCUT2D eigenvalue weighted by molar-refractivity contribution is 5.79. The van der Waals surface area contributed by atoms with E-state index in [1.807, 2.05) is 83.4 Å². The molecule has 0 aliphatic heterocycles. The van der Waals surface area contributed by atoms with Gasteiger partial charge in [0.2, 0.25) is 0 Å². The maximum absolute atomic E-state index is 10.6. The molecule has 2 aromatic carbocycles. The lowest BCUT2D eigenvalue weighted by molar-refractivity contribution is 0.179. The molecule has 0 aromatic heterocycles. The summed E-state index contributed by atoms with van der Waals surface area (Å²) in [4.78, 5) is 6.74. The van der Waals surface area contributed by atoms with E-state index in [0.29, 0.717) is 25.7 Å². The van der Waals surface area contributed by atoms with Gasteiger partial charge in [-0.2, -0.15) is 0 Å². The van der Waals surface area contributed by atoms with Gasteiger partial charge < -0.3 is 30.1 Å². The Morgan fingerprint density at radius 2 is 1.81 bits per heavy atom. The van der Waals surface area contributed by atoms with Gasteiger partial charge in [-0.1, -0.05) is 24.3 Å². The van der Waals surface area contributed by atoms with Gasteiger partial charge in [-0.15, -0.1) is 0 Å². The van der Waals surface area contributed by atoms with E-state index in [2.05, 4.69) is 20.5 Å². The van der Waals surface area contributed by atoms with Crippen molar-refractivity contribution in [1.82, 2.24) is 15.5 Å². The van der Waals surface area contributed by atoms with Crippen LogP contribution < -0.4 is 20.1 Å². The van der Waals surface area contributed by atoms with Gasteiger partial charge in [0.1, 0.15) is 18.1 Å². The van der Waals surface area contributed by atoms with Crippen molar-refractivity contribution in [2.75, 3.05) is 40.3 Å². The molecule has 176 valence electrons. The quantitative estimate of drug-likeness (QED) is 0.346. The zero-order valence-electron chi connectivity index (χ0n) is 20.0. The molecule has 0 saturated carbocycles. The number of aliphatic hydroxyl groups excluding tert-OH is 1. The third kappa shape index (κ3) is 9.58. The number of nitrogens with one attached hydrogen (secondary N) is 2. The summed E-state index contributed by atoms with van der Waals surface area (Å²) in [5.41, 5.74) is 1.86. The van der Waals surface area contributed by atoms with Gasteiger partial charge in [0, 0.05) is 19.6 Å². The summed E-state index contributed by atoms with van der Waals surface area (Å²) in [5.74, 6) is 2.25. The lowest BCUT2D eigenvalue weighted by Crippen LogP contribution is -2.39. The van der Waals surface area contributed by atoms with Crippen molar-refractivity contribution < 1.29 is 14.6 Å². The largest absolute Gasteiger partial charge is 0.492 e. The van der Waals surface area contributed by atoms with Crippen LogP contribution in [-0.4, -0.2) is 62.4 Å². The average Bonchev–Trinajstić information content (AvgIpc) is 2.75. The van der Waals surface area contributed by atoms with E-state index in [1.54, 1.807) is 0 Å². The molecule has 0 heterocycles. The summed E-state index contributed by atoms with van der Waals surface area (Å²) in [7, 11) is 4.05. The van der Waals surface area contributed by atoms with Crippen molar-refractivity contribution in [3.05, 3.63) is 59.7 Å². The Bertz CT molecular complexity index is 839. The summed E-state index contributed by atoms with van der Waals surface area (Å²) in [6, 6.07) is 15.5. The number of rotatable bonds is 12. The second-order valence-electron chi connectivity index (χ2n) is 8.13. The summed E-state index contributed by atoms with van der Waals surface area (Å²) < 4.78 is 11.5. The Hall–Kier alpha value is -2.77. The van der Waals surface area contributed by atoms with Gasteiger partial charge in [0.25, 0.3) is 0 Å². The third-order valence-corrected chi connectivity index (χ3v) is 4.55. The smallest absolute Gasteiger partial charge is 0.191 e. The molecule has 0 saturated heterocycles. The first-order chi connectivity index (χ1) is 15.4. The molecule has 1 atom stereocenters. The minimum absolute atomic E-state index is 0.0879. The summed E-state index contributed by atoms with van der Waals surface area (Å²) >= 11 is 0. The van der Waals surface area contributed by atoms with Gasteiger partial charge >= 0.3 is 0 Å². The Morgan fingerprint density at radius 1 is 1.06 bits per heavy atom. The van der Waals surface area contributed by atoms with Crippen molar-refractivity contribution >= 4 is 5.96 Å². The van der Waals surface area contributed by atoms with E-state index in [1.165, 1.54) is 0 Å². The molecule has 0 radical (unpaired) electrons. The summed E-state index contributed by atoms with van der Waals surface area (Å²) in [6.45, 7) is 9.06. The van der Waals surface area contributed by atoms with Crippen LogP contribution in [0.15, 0.2) is 53.5 Å². The predicted molar refractivity (Wildman–Crippen MR) is 130 cm³/mol. The highest BCUT2D eigenvalue weighted by Gasteiger charge is 2.10. The number of hydrogen-bond acceptors (Lipinski definition) is 5. The van der Waals surface area contributed by atoms with Gasteiger partial charge in [0.15, 0.2) is 5.96 Å². The number of likely N-dealkylation sites (N-methyl/N-ethyl adjacent to an activating group) is 1. The molecule has 0 spiro atoms. The third-order valence-electron chi connectivity index (χ3n) is 4.55. The number of hydrogen-bond donors (Lipinski definition) is 3. The molecular weight excluding hydrogens is 404 g/mol. The number of aliphatic imine (C=N–C) groups is 1. The molecule has 32 heavy (non-hydrogen) atoms. The maximum atomic E-state index is 10.6. The van der Waals surface area contributed by atoms with E-state index in [4.69, 9.17) is 9.47 Å². The first-order valence-corrected chi connectivity index (χ1v) is 11.2. The number of nitrogens with zero attached hydrogens (tertiary/aromatic N) is 2. The van der Waals surface area contributed by atoms with Crippen molar-refractivity contribution in [3.8, 4) is 11.5 Å². The number of guanidine groups is 1. The Balaban J connectivity index is 1.94. The van der Waals surface area contributed by atoms with E-state index in [-0.39, 0.29) is 6.10 Å². The number of aliphatic hydroxyl groups is 1. The predicted octanol–water partition coefficient (Wildman–Crippen LogP) is 3.20. The molecule has 7 heteroatoms. The fourth-order valence-electron chi connectivity index (χ4n) is 2.97. The van der Waals surface area contributed by atoms with Crippen molar-refractivity contribution in [2.24, 2.45) is 4.99 Å². The van der Waals surface area contributed by atoms with Gasteiger partial charge in [-0.3, -0.25) is 0 Å². The number of benzene rings is 2. The monoisotopic (exact) mass is 442 g/mol. The fraction of sp³-hybridized carbons (Fsp3) is 0.480. The van der Waals surface area contributed by atoms with Gasteiger partial charge in [0.05, 0.1) is 18.8 Å². The highest BCUT2D eigenvalue weighted by atomic mass is 16.5. The minimum atomic E-state index is -0.678. The molecular formula is C25H38N4O3. The van der Waals surface area contributed by atoms with Crippen molar-refractivity contribution in [3.63, 3.8) is 0 Å². The summed E-state index contributed by atoms with van der Waals surface area (Å²) in [6.07, 6.45) is -0.590. The van der Waals surface area contributed by atoms with Crippen molar-refractivity contribution in [2.45, 2.75) is 39.5 Å². The molecule has 3 N–H and O–H groups in total. The maximum Gasteiger partial charge on any atom is 0.191 e. The Morgan fingerprint density at radius 3 is 2.53 bits per heavy atom. The normalized spacial score (nSPS) is 12.7. The highest BCUT2D eigenvalue weighted by Crippen LogP contribution is 2.20. The second-order valence-corrected chi connectivity index (χ2v) is 8.13. The van der Waals surface area contributed by atoms with E-state index in [9.17, 15) is 5.11 Å². The van der Waals surface area contributed by atoms with Gasteiger partial charge in [-0.05, 0) is 70.3 Å². The first-order valence-electron chi connectivity index (χ1n) is 11.2. The van der Waals surface area contributed by atoms with Crippen LogP contribution in [0.1, 0.15) is 38.0 Å². The Kier molecular flexibility index (Phi) is 10.8. The molecule has 0 fully saturated rings. The zero-order valence-corrected chi connectivity index (χ0v) is 20.0. The van der Waals surface area contributed by atoms with E-state index in [0.717, 1.165) is 35.7 Å². The van der Waals surface area contributed by atoms with Crippen LogP contribution in [0, 0.1) is 0 Å². The summed E-state index contributed by atoms with van der Waals surface area (Å²) in [5, 5.41) is 17.1. The fourth-order valence-corrected chi connectivity index (χ4v) is 2.97. The molecule has 2 rings (SSSR count). The van der Waals surface area contributed by atoms with Crippen LogP contribution in [0.2, 0.25) is 0 Å². The molecule has 7 nitrogen and oxygen atoms in total. The van der Waals surface area contributed by atoms with Crippen LogP contribution in [0.25, 0.3) is 0 Å². The topological polar surface area (TPSA) is 78.4 Å². The van der Waals surface area contributed by atoms with Crippen LogP contribution in [-0.2, 0) is 6.54 Å². The average molecular weight is 443 g/mol. The molecule has 0 aliphatic rings. The molecule has 2 aromatic rings. The van der Waals surface area contributed by atoms with E-state index >= 15 is 0 Å². The zero-order chi connectivity index (χ0) is 23.3. The van der Waals surface area contributed by atoms with Crippen LogP contribution in [0.4, 0.5) is 0 Å². The standard InChI is InChI=1S/C25H38N4O3/c1-6-26-25(27-17-20-9-7-11-22(15-20)31-14-13-29(4)5)28-18-24(30)21-10-8-12-23(16-21)32-19(2)3/h7-12,15-16,19,24,30H,6,13-14,17-18H2,1-5H3,(H2,26,27,28). The molecule has 0 amide bonds. The molecule has 0 bridgehead atoms. The van der Waals surface area contributed by atoms with Gasteiger partial charge in [-0.25, -0.2) is 4.99 Å². The minimum Gasteiger partial charge on any atom is -0.492 e. The van der Waals surface area contributed by atoms with Crippen LogP contribution >= 0.6 is 0 Å². The van der Waals surface area contributed by atoms with Crippen molar-refractivity contribution in [1.29, 1.82) is 0 Å². The molecule has 0 aliphatic carbocycles. The lowest BCUT2D eigenvalue weighted by Gasteiger charge is -2.17. The lowest BCUT2D eigenvalue weighted by atomic mass is 10.1. The van der Waals surface area contributed by atoms with Crippen LogP contribution in [0.3, 0.4) is 0 Å². The second kappa shape index (κ2) is 13.6. The molecule has 1 unspecified atom stereocenters. The number of ether oxygens (including phenoxy) is 2. The van der Waals surface area contributed by atoms with Crippen LogP contribution in [0.5, 0.6) is 11.5 Å². The SMILES string of the molecule is CCNC(=NCc1cccc(OCCN(C)C)c1)NCC(O)c1cccc(OC(C)C)c1.